The Bertz CT molecular complexity index is 2130. The molecule has 344 valence electrons. The second-order valence-electron chi connectivity index (χ2n) is 19.1. The molecule has 5 aromatic rings. The molecule has 3 N–H and O–H groups in total. The van der Waals surface area contributed by atoms with Crippen LogP contribution < -0.4 is 20.1 Å². The molecule has 0 aliphatic heterocycles. The maximum atomic E-state index is 11.6. The number of phenols is 1. The molecular formula is C55H75N3O5Si. The first kappa shape index (κ1) is 50.1. The third kappa shape index (κ3) is 15.1. The zero-order chi connectivity index (χ0) is 46.1. The molecule has 0 bridgehead atoms. The summed E-state index contributed by atoms with van der Waals surface area (Å²) in [5.74, 6) is 1.99. The van der Waals surface area contributed by atoms with E-state index in [9.17, 15) is 9.90 Å². The Morgan fingerprint density at radius 2 is 1.41 bits per heavy atom. The lowest BCUT2D eigenvalue weighted by Crippen LogP contribution is -2.43. The van der Waals surface area contributed by atoms with Gasteiger partial charge in [0.2, 0.25) is 6.41 Å². The smallest absolute Gasteiger partial charge is 0.211 e. The lowest BCUT2D eigenvalue weighted by Gasteiger charge is -2.39. The Labute approximate surface area is 385 Å². The lowest BCUT2D eigenvalue weighted by atomic mass is 9.86. The maximum absolute atomic E-state index is 11.6. The molecule has 0 saturated heterocycles. The van der Waals surface area contributed by atoms with Crippen molar-refractivity contribution in [2.75, 3.05) is 31.6 Å². The Morgan fingerprint density at radius 3 is 2.06 bits per heavy atom. The van der Waals surface area contributed by atoms with Crippen LogP contribution in [0, 0.1) is 0 Å². The van der Waals surface area contributed by atoms with E-state index in [4.69, 9.17) is 13.9 Å². The van der Waals surface area contributed by atoms with Crippen LogP contribution in [-0.4, -0.2) is 63.1 Å². The fourth-order valence-corrected chi connectivity index (χ4v) is 9.29. The summed E-state index contributed by atoms with van der Waals surface area (Å²) in [7, 11) is -2.14. The van der Waals surface area contributed by atoms with E-state index in [0.29, 0.717) is 55.4 Å². The molecule has 5 rings (SSSR count). The highest BCUT2D eigenvalue weighted by atomic mass is 28.4. The standard InChI is InChI=1S/C55H75N3O5Si/c1-41(2)58(42(3)4)34-32-49(46-21-14-11-15-22-46)50-36-44(25-29-52(50)60)18-16-17-35-61-48-27-23-43(24-28-48)31-33-56-38-54(63-64(8,9)55(5,6)7)47-26-30-53(51(37-47)57-40-59)62-39-45-19-12-10-13-20-45/h10-15,19-30,36-37,40-42,49,54,56,60H,16-18,31-35,38-39H2,1-9H3,(H,57,59)/t49-,54+/m1/s1. The molecule has 0 fully saturated rings. The van der Waals surface area contributed by atoms with E-state index < -0.39 is 8.32 Å². The van der Waals surface area contributed by atoms with Gasteiger partial charge in [-0.05, 0) is 149 Å². The van der Waals surface area contributed by atoms with E-state index >= 15 is 0 Å². The Kier molecular flexibility index (Phi) is 19.1. The molecule has 5 aromatic carbocycles. The first-order chi connectivity index (χ1) is 30.6. The van der Waals surface area contributed by atoms with Gasteiger partial charge in [-0.25, -0.2) is 0 Å². The number of phenolic OH excluding ortho intramolecular Hbond substituents is 1. The Hall–Kier alpha value is -4.93. The number of benzene rings is 5. The molecule has 1 amide bonds. The van der Waals surface area contributed by atoms with E-state index in [2.05, 4.69) is 150 Å². The second kappa shape index (κ2) is 24.4. The summed E-state index contributed by atoms with van der Waals surface area (Å²) in [6.45, 7) is 23.8. The normalized spacial score (nSPS) is 13.0. The molecule has 0 aliphatic carbocycles. The third-order valence-corrected chi connectivity index (χ3v) is 17.2. The van der Waals surface area contributed by atoms with Crippen molar-refractivity contribution in [2.45, 2.75) is 129 Å². The minimum Gasteiger partial charge on any atom is -0.508 e. The van der Waals surface area contributed by atoms with E-state index in [1.54, 1.807) is 0 Å². The van der Waals surface area contributed by atoms with Gasteiger partial charge in [-0.3, -0.25) is 9.69 Å². The monoisotopic (exact) mass is 886 g/mol. The summed E-state index contributed by atoms with van der Waals surface area (Å²) < 4.78 is 19.3. The fraction of sp³-hybridized carbons (Fsp3) is 0.436. The number of carbonyl (C=O) groups excluding carboxylic acids is 1. The number of nitrogens with one attached hydrogen (secondary N) is 2. The zero-order valence-corrected chi connectivity index (χ0v) is 41.0. The molecule has 0 saturated carbocycles. The van der Waals surface area contributed by atoms with Crippen LogP contribution in [0.4, 0.5) is 5.69 Å². The minimum absolute atomic E-state index is 0.0322. The number of amides is 1. The quantitative estimate of drug-likeness (QED) is 0.0289. The number of aromatic hydroxyl groups is 1. The van der Waals surface area contributed by atoms with Gasteiger partial charge in [0, 0.05) is 30.1 Å². The van der Waals surface area contributed by atoms with Gasteiger partial charge in [0.15, 0.2) is 8.32 Å². The SMILES string of the molecule is CC(C)N(CC[C@H](c1ccccc1)c1cc(CCCCOc2ccc(CCNC[C@H](O[Si](C)(C)C(C)(C)C)c3ccc(OCc4ccccc4)c(NC=O)c3)cc2)ccc1O)C(C)C. The number of rotatable bonds is 26. The summed E-state index contributed by atoms with van der Waals surface area (Å²) in [4.78, 5) is 14.2. The average molecular weight is 886 g/mol. The van der Waals surface area contributed by atoms with Crippen molar-refractivity contribution >= 4 is 20.4 Å². The van der Waals surface area contributed by atoms with Gasteiger partial charge in [0.05, 0.1) is 18.4 Å². The highest BCUT2D eigenvalue weighted by molar-refractivity contribution is 6.74. The molecule has 0 radical (unpaired) electrons. The number of unbranched alkanes of at least 4 members (excludes halogenated alkanes) is 1. The summed E-state index contributed by atoms with van der Waals surface area (Å²) in [6.07, 6.45) is 5.17. The molecule has 0 aromatic heterocycles. The molecule has 2 atom stereocenters. The number of anilines is 1. The molecule has 64 heavy (non-hydrogen) atoms. The molecule has 0 spiro atoms. The van der Waals surface area contributed by atoms with Crippen LogP contribution in [0.5, 0.6) is 17.2 Å². The maximum Gasteiger partial charge on any atom is 0.211 e. The van der Waals surface area contributed by atoms with Crippen molar-refractivity contribution < 1.29 is 23.8 Å². The number of aryl methyl sites for hydroxylation is 1. The zero-order valence-electron chi connectivity index (χ0n) is 40.0. The molecule has 0 heterocycles. The van der Waals surface area contributed by atoms with E-state index in [0.717, 1.165) is 67.6 Å². The molecular weight excluding hydrogens is 811 g/mol. The van der Waals surface area contributed by atoms with Crippen molar-refractivity contribution in [3.63, 3.8) is 0 Å². The number of nitrogens with zero attached hydrogens (tertiary/aromatic N) is 1. The number of hydrogen-bond acceptors (Lipinski definition) is 7. The van der Waals surface area contributed by atoms with Crippen LogP contribution >= 0.6 is 0 Å². The number of carbonyl (C=O) groups is 1. The van der Waals surface area contributed by atoms with Gasteiger partial charge in [-0.15, -0.1) is 0 Å². The Balaban J connectivity index is 1.11. The molecule has 8 nitrogen and oxygen atoms in total. The summed E-state index contributed by atoms with van der Waals surface area (Å²) >= 11 is 0. The van der Waals surface area contributed by atoms with Gasteiger partial charge in [0.1, 0.15) is 23.9 Å². The van der Waals surface area contributed by atoms with E-state index in [1.807, 2.05) is 48.5 Å². The highest BCUT2D eigenvalue weighted by Gasteiger charge is 2.39. The first-order valence-electron chi connectivity index (χ1n) is 23.4. The first-order valence-corrected chi connectivity index (χ1v) is 26.3. The van der Waals surface area contributed by atoms with Crippen molar-refractivity contribution in [2.24, 2.45) is 0 Å². The summed E-state index contributed by atoms with van der Waals surface area (Å²) in [5, 5.41) is 17.7. The van der Waals surface area contributed by atoms with Gasteiger partial charge < -0.3 is 29.6 Å². The van der Waals surface area contributed by atoms with Crippen LogP contribution in [-0.2, 0) is 28.7 Å². The molecule has 9 heteroatoms. The topological polar surface area (TPSA) is 92.3 Å². The molecule has 0 unspecified atom stereocenters. The van der Waals surface area contributed by atoms with Crippen LogP contribution in [0.15, 0.2) is 121 Å². The predicted molar refractivity (Wildman–Crippen MR) is 267 cm³/mol. The second-order valence-corrected chi connectivity index (χ2v) is 23.9. The average Bonchev–Trinajstić information content (AvgIpc) is 3.27. The van der Waals surface area contributed by atoms with Gasteiger partial charge in [0.25, 0.3) is 0 Å². The summed E-state index contributed by atoms with van der Waals surface area (Å²) in [5.41, 5.74) is 7.41. The van der Waals surface area contributed by atoms with Crippen LogP contribution in [0.25, 0.3) is 0 Å². The fourth-order valence-electron chi connectivity index (χ4n) is 8.00. The largest absolute Gasteiger partial charge is 0.508 e. The van der Waals surface area contributed by atoms with Crippen molar-refractivity contribution in [1.29, 1.82) is 0 Å². The van der Waals surface area contributed by atoms with E-state index in [-0.39, 0.29) is 17.1 Å². The highest BCUT2D eigenvalue weighted by Crippen LogP contribution is 2.41. The predicted octanol–water partition coefficient (Wildman–Crippen LogP) is 12.5. The Morgan fingerprint density at radius 1 is 0.734 bits per heavy atom. The molecule has 0 aliphatic rings. The van der Waals surface area contributed by atoms with Gasteiger partial charge in [-0.1, -0.05) is 112 Å². The van der Waals surface area contributed by atoms with Crippen LogP contribution in [0.2, 0.25) is 18.1 Å². The van der Waals surface area contributed by atoms with Gasteiger partial charge in [-0.2, -0.15) is 0 Å². The minimum atomic E-state index is -2.14. The number of ether oxygens (including phenoxy) is 2. The third-order valence-electron chi connectivity index (χ3n) is 12.7. The number of hydrogen-bond donors (Lipinski definition) is 3. The van der Waals surface area contributed by atoms with Crippen molar-refractivity contribution in [3.05, 3.63) is 155 Å². The van der Waals surface area contributed by atoms with Crippen LogP contribution in [0.1, 0.15) is 113 Å². The summed E-state index contributed by atoms with van der Waals surface area (Å²) in [6, 6.07) is 42.1. The van der Waals surface area contributed by atoms with Crippen LogP contribution in [0.3, 0.4) is 0 Å². The van der Waals surface area contributed by atoms with Crippen molar-refractivity contribution in [3.8, 4) is 17.2 Å². The van der Waals surface area contributed by atoms with E-state index in [1.165, 1.54) is 16.7 Å². The lowest BCUT2D eigenvalue weighted by molar-refractivity contribution is -0.105. The van der Waals surface area contributed by atoms with Gasteiger partial charge >= 0.3 is 0 Å². The van der Waals surface area contributed by atoms with Crippen molar-refractivity contribution in [1.82, 2.24) is 10.2 Å².